The molecule has 1 aliphatic rings. The molecule has 2 unspecified atom stereocenters. The van der Waals surface area contributed by atoms with Gasteiger partial charge in [0.25, 0.3) is 0 Å². The van der Waals surface area contributed by atoms with Gasteiger partial charge in [0.15, 0.2) is 0 Å². The Morgan fingerprint density at radius 1 is 1.14 bits per heavy atom. The molecule has 1 saturated heterocycles. The summed E-state index contributed by atoms with van der Waals surface area (Å²) in [7, 11) is 0. The molecule has 0 amide bonds. The maximum Gasteiger partial charge on any atom is 0.0424 e. The standard InChI is InChI=1S/C19H32N2/c1-15-6-5-12-21(13-11-15)14-18(20)16-7-9-17(10-8-16)19(2,3)4/h7-10,15,18H,5-6,11-14,20H2,1-4H3. The minimum atomic E-state index is 0.132. The van der Waals surface area contributed by atoms with Crippen LogP contribution in [0.15, 0.2) is 24.3 Å². The number of nitrogens with zero attached hydrogens (tertiary/aromatic N) is 1. The molecule has 1 aliphatic heterocycles. The Morgan fingerprint density at radius 3 is 2.43 bits per heavy atom. The molecule has 1 aromatic rings. The van der Waals surface area contributed by atoms with Gasteiger partial charge in [-0.2, -0.15) is 0 Å². The third-order valence-electron chi connectivity index (χ3n) is 4.77. The van der Waals surface area contributed by atoms with E-state index in [1.54, 1.807) is 0 Å². The van der Waals surface area contributed by atoms with Crippen molar-refractivity contribution in [2.45, 2.75) is 58.4 Å². The van der Waals surface area contributed by atoms with Gasteiger partial charge in [-0.15, -0.1) is 0 Å². The fraction of sp³-hybridized carbons (Fsp3) is 0.684. The van der Waals surface area contributed by atoms with Gasteiger partial charge in [0, 0.05) is 12.6 Å². The molecule has 2 heteroatoms. The summed E-state index contributed by atoms with van der Waals surface area (Å²) >= 11 is 0. The molecule has 2 atom stereocenters. The van der Waals surface area contributed by atoms with E-state index in [2.05, 4.69) is 56.9 Å². The first-order valence-electron chi connectivity index (χ1n) is 8.44. The highest BCUT2D eigenvalue weighted by atomic mass is 15.1. The van der Waals surface area contributed by atoms with Crippen molar-refractivity contribution < 1.29 is 0 Å². The zero-order valence-electron chi connectivity index (χ0n) is 14.2. The number of benzene rings is 1. The quantitative estimate of drug-likeness (QED) is 0.907. The van der Waals surface area contributed by atoms with Crippen molar-refractivity contribution >= 4 is 0 Å². The van der Waals surface area contributed by atoms with Crippen LogP contribution in [0.25, 0.3) is 0 Å². The van der Waals surface area contributed by atoms with Crippen molar-refractivity contribution in [3.8, 4) is 0 Å². The van der Waals surface area contributed by atoms with Crippen LogP contribution in [0, 0.1) is 5.92 Å². The van der Waals surface area contributed by atoms with E-state index in [1.807, 2.05) is 0 Å². The Labute approximate surface area is 130 Å². The van der Waals surface area contributed by atoms with Crippen LogP contribution in [0.1, 0.15) is 64.1 Å². The number of nitrogens with two attached hydrogens (primary N) is 1. The third kappa shape index (κ3) is 4.82. The molecule has 0 bridgehead atoms. The molecule has 0 spiro atoms. The first-order valence-corrected chi connectivity index (χ1v) is 8.44. The second-order valence-corrected chi connectivity index (χ2v) is 7.82. The number of hydrogen-bond acceptors (Lipinski definition) is 2. The second kappa shape index (κ2) is 6.93. The van der Waals surface area contributed by atoms with Gasteiger partial charge in [-0.25, -0.2) is 0 Å². The van der Waals surface area contributed by atoms with Gasteiger partial charge in [0.05, 0.1) is 0 Å². The van der Waals surface area contributed by atoms with Crippen molar-refractivity contribution in [1.29, 1.82) is 0 Å². The lowest BCUT2D eigenvalue weighted by Gasteiger charge is -2.25. The van der Waals surface area contributed by atoms with Crippen LogP contribution in [-0.4, -0.2) is 24.5 Å². The van der Waals surface area contributed by atoms with Crippen molar-refractivity contribution in [3.63, 3.8) is 0 Å². The molecule has 0 radical (unpaired) electrons. The topological polar surface area (TPSA) is 29.3 Å². The first kappa shape index (κ1) is 16.5. The van der Waals surface area contributed by atoms with Crippen LogP contribution in [0.4, 0.5) is 0 Å². The minimum Gasteiger partial charge on any atom is -0.323 e. The fourth-order valence-electron chi connectivity index (χ4n) is 3.12. The van der Waals surface area contributed by atoms with Gasteiger partial charge in [-0.3, -0.25) is 0 Å². The van der Waals surface area contributed by atoms with E-state index in [4.69, 9.17) is 5.73 Å². The molecule has 118 valence electrons. The zero-order chi connectivity index (χ0) is 15.5. The lowest BCUT2D eigenvalue weighted by Crippen LogP contribution is -2.33. The van der Waals surface area contributed by atoms with Crippen molar-refractivity contribution in [1.82, 2.24) is 4.90 Å². The molecular formula is C19H32N2. The van der Waals surface area contributed by atoms with Crippen molar-refractivity contribution in [2.75, 3.05) is 19.6 Å². The molecule has 2 rings (SSSR count). The van der Waals surface area contributed by atoms with Gasteiger partial charge < -0.3 is 10.6 Å². The van der Waals surface area contributed by atoms with Gasteiger partial charge >= 0.3 is 0 Å². The summed E-state index contributed by atoms with van der Waals surface area (Å²) in [6.07, 6.45) is 4.00. The minimum absolute atomic E-state index is 0.132. The SMILES string of the molecule is CC1CCCN(CC(N)c2ccc(C(C)(C)C)cc2)CC1. The van der Waals surface area contributed by atoms with Gasteiger partial charge in [0.2, 0.25) is 0 Å². The number of hydrogen-bond donors (Lipinski definition) is 1. The molecule has 0 aromatic heterocycles. The van der Waals surface area contributed by atoms with Crippen molar-refractivity contribution in [2.24, 2.45) is 11.7 Å². The summed E-state index contributed by atoms with van der Waals surface area (Å²) < 4.78 is 0. The summed E-state index contributed by atoms with van der Waals surface area (Å²) in [5.41, 5.74) is 9.28. The lowest BCUT2D eigenvalue weighted by atomic mass is 9.86. The molecular weight excluding hydrogens is 256 g/mol. The van der Waals surface area contributed by atoms with Gasteiger partial charge in [0.1, 0.15) is 0 Å². The molecule has 0 aliphatic carbocycles. The molecule has 1 fully saturated rings. The highest BCUT2D eigenvalue weighted by Gasteiger charge is 2.18. The van der Waals surface area contributed by atoms with Crippen LogP contribution in [0.5, 0.6) is 0 Å². The zero-order valence-corrected chi connectivity index (χ0v) is 14.2. The van der Waals surface area contributed by atoms with Gasteiger partial charge in [-0.1, -0.05) is 52.0 Å². The number of rotatable bonds is 3. The Hall–Kier alpha value is -0.860. The summed E-state index contributed by atoms with van der Waals surface area (Å²) in [5.74, 6) is 0.872. The molecule has 1 aromatic carbocycles. The third-order valence-corrected chi connectivity index (χ3v) is 4.77. The van der Waals surface area contributed by atoms with Crippen LogP contribution in [-0.2, 0) is 5.41 Å². The van der Waals surface area contributed by atoms with E-state index in [0.717, 1.165) is 12.5 Å². The average Bonchev–Trinajstić information content (AvgIpc) is 2.63. The van der Waals surface area contributed by atoms with E-state index in [0.29, 0.717) is 0 Å². The molecule has 21 heavy (non-hydrogen) atoms. The van der Waals surface area contributed by atoms with E-state index >= 15 is 0 Å². The summed E-state index contributed by atoms with van der Waals surface area (Å²) in [4.78, 5) is 2.55. The van der Waals surface area contributed by atoms with Gasteiger partial charge in [-0.05, 0) is 54.8 Å². The largest absolute Gasteiger partial charge is 0.323 e. The van der Waals surface area contributed by atoms with Crippen LogP contribution < -0.4 is 5.73 Å². The highest BCUT2D eigenvalue weighted by Crippen LogP contribution is 2.24. The molecule has 2 nitrogen and oxygen atoms in total. The van der Waals surface area contributed by atoms with E-state index < -0.39 is 0 Å². The second-order valence-electron chi connectivity index (χ2n) is 7.82. The maximum absolute atomic E-state index is 6.43. The Kier molecular flexibility index (Phi) is 5.45. The highest BCUT2D eigenvalue weighted by molar-refractivity contribution is 5.29. The van der Waals surface area contributed by atoms with E-state index in [-0.39, 0.29) is 11.5 Å². The Balaban J connectivity index is 1.95. The normalized spacial score (nSPS) is 22.8. The molecule has 1 heterocycles. The summed E-state index contributed by atoms with van der Waals surface area (Å²) in [5, 5.41) is 0. The average molecular weight is 288 g/mol. The predicted molar refractivity (Wildman–Crippen MR) is 91.5 cm³/mol. The van der Waals surface area contributed by atoms with Crippen LogP contribution in [0.3, 0.4) is 0 Å². The maximum atomic E-state index is 6.43. The van der Waals surface area contributed by atoms with Crippen LogP contribution in [0.2, 0.25) is 0 Å². The summed E-state index contributed by atoms with van der Waals surface area (Å²) in [6, 6.07) is 9.03. The fourth-order valence-corrected chi connectivity index (χ4v) is 3.12. The van der Waals surface area contributed by atoms with Crippen LogP contribution >= 0.6 is 0 Å². The monoisotopic (exact) mass is 288 g/mol. The molecule has 2 N–H and O–H groups in total. The number of likely N-dealkylation sites (tertiary alicyclic amines) is 1. The predicted octanol–water partition coefficient (Wildman–Crippen LogP) is 4.11. The lowest BCUT2D eigenvalue weighted by molar-refractivity contribution is 0.265. The van der Waals surface area contributed by atoms with E-state index in [9.17, 15) is 0 Å². The smallest absolute Gasteiger partial charge is 0.0424 e. The summed E-state index contributed by atoms with van der Waals surface area (Å²) in [6.45, 7) is 12.5. The Morgan fingerprint density at radius 2 is 1.81 bits per heavy atom. The van der Waals surface area contributed by atoms with Crippen molar-refractivity contribution in [3.05, 3.63) is 35.4 Å². The Bertz CT molecular complexity index is 430. The first-order chi connectivity index (χ1) is 9.86. The molecule has 0 saturated carbocycles. The van der Waals surface area contributed by atoms with E-state index in [1.165, 1.54) is 43.5 Å².